The van der Waals surface area contributed by atoms with Crippen LogP contribution in [-0.2, 0) is 6.54 Å². The predicted molar refractivity (Wildman–Crippen MR) is 82.1 cm³/mol. The average Bonchev–Trinajstić information content (AvgIpc) is 2.85. The lowest BCUT2D eigenvalue weighted by molar-refractivity contribution is 0.569. The van der Waals surface area contributed by atoms with Gasteiger partial charge >= 0.3 is 0 Å². The zero-order valence-electron chi connectivity index (χ0n) is 11.4. The van der Waals surface area contributed by atoms with Gasteiger partial charge in [-0.1, -0.05) is 26.3 Å². The van der Waals surface area contributed by atoms with Gasteiger partial charge in [-0.25, -0.2) is 0 Å². The van der Waals surface area contributed by atoms with Crippen molar-refractivity contribution in [2.45, 2.75) is 33.2 Å². The fourth-order valence-corrected chi connectivity index (χ4v) is 3.25. The zero-order chi connectivity index (χ0) is 13.0. The van der Waals surface area contributed by atoms with Crippen LogP contribution in [0.4, 0.5) is 5.69 Å². The fraction of sp³-hybridized carbons (Fsp3) is 0.600. The Balaban J connectivity index is 2.05. The maximum atomic E-state index is 3.72. The largest absolute Gasteiger partial charge is 0.370 e. The summed E-state index contributed by atoms with van der Waals surface area (Å²) in [4.78, 5) is 2.51. The molecule has 0 bridgehead atoms. The first-order chi connectivity index (χ1) is 8.74. The van der Waals surface area contributed by atoms with Crippen molar-refractivity contribution in [3.8, 4) is 0 Å². The third kappa shape index (κ3) is 3.27. The van der Waals surface area contributed by atoms with Crippen LogP contribution in [0.25, 0.3) is 0 Å². The summed E-state index contributed by atoms with van der Waals surface area (Å²) in [7, 11) is 0. The minimum absolute atomic E-state index is 0.873. The number of hydrogen-bond donors (Lipinski definition) is 1. The van der Waals surface area contributed by atoms with Crippen molar-refractivity contribution in [3.63, 3.8) is 0 Å². The van der Waals surface area contributed by atoms with E-state index < -0.39 is 0 Å². The fourth-order valence-electron chi connectivity index (χ4n) is 2.57. The van der Waals surface area contributed by atoms with Crippen molar-refractivity contribution in [1.29, 1.82) is 0 Å². The second kappa shape index (κ2) is 6.58. The monoisotopic (exact) mass is 310 g/mol. The molecule has 18 heavy (non-hydrogen) atoms. The van der Waals surface area contributed by atoms with Crippen LogP contribution in [0, 0.1) is 5.92 Å². The number of hydrogen-bond acceptors (Lipinski definition) is 2. The molecule has 0 spiro atoms. The first-order valence-corrected chi connectivity index (χ1v) is 7.78. The van der Waals surface area contributed by atoms with E-state index in [2.05, 4.69) is 58.2 Å². The topological polar surface area (TPSA) is 15.3 Å². The summed E-state index contributed by atoms with van der Waals surface area (Å²) in [5.74, 6) is 0.873. The molecule has 1 atom stereocenters. The molecule has 1 aromatic rings. The van der Waals surface area contributed by atoms with Crippen LogP contribution < -0.4 is 10.2 Å². The van der Waals surface area contributed by atoms with Gasteiger partial charge < -0.3 is 10.2 Å². The molecule has 1 aliphatic heterocycles. The molecule has 100 valence electrons. The van der Waals surface area contributed by atoms with Crippen molar-refractivity contribution in [3.05, 3.63) is 28.2 Å². The van der Waals surface area contributed by atoms with Crippen LogP contribution >= 0.6 is 15.9 Å². The van der Waals surface area contributed by atoms with Gasteiger partial charge in [-0.3, -0.25) is 0 Å². The van der Waals surface area contributed by atoms with Gasteiger partial charge in [0.1, 0.15) is 0 Å². The van der Waals surface area contributed by atoms with E-state index in [0.29, 0.717) is 0 Å². The van der Waals surface area contributed by atoms with Gasteiger partial charge in [0.25, 0.3) is 0 Å². The number of nitrogens with one attached hydrogen (secondary N) is 1. The Labute approximate surface area is 119 Å². The van der Waals surface area contributed by atoms with Crippen LogP contribution in [0.3, 0.4) is 0 Å². The van der Waals surface area contributed by atoms with Gasteiger partial charge in [0.15, 0.2) is 0 Å². The van der Waals surface area contributed by atoms with Crippen molar-refractivity contribution in [2.24, 2.45) is 5.92 Å². The van der Waals surface area contributed by atoms with Crippen molar-refractivity contribution >= 4 is 21.6 Å². The summed E-state index contributed by atoms with van der Waals surface area (Å²) in [5.41, 5.74) is 2.70. The molecule has 2 rings (SSSR count). The highest BCUT2D eigenvalue weighted by Crippen LogP contribution is 2.32. The summed E-state index contributed by atoms with van der Waals surface area (Å²) >= 11 is 3.72. The summed E-state index contributed by atoms with van der Waals surface area (Å²) in [6.45, 7) is 8.81. The van der Waals surface area contributed by atoms with E-state index >= 15 is 0 Å². The molecule has 1 fully saturated rings. The molecule has 3 heteroatoms. The Morgan fingerprint density at radius 2 is 2.22 bits per heavy atom. The Morgan fingerprint density at radius 1 is 1.39 bits per heavy atom. The minimum Gasteiger partial charge on any atom is -0.370 e. The maximum absolute atomic E-state index is 3.72. The molecule has 1 aliphatic rings. The molecule has 0 aromatic heterocycles. The Kier molecular flexibility index (Phi) is 5.07. The Hall–Kier alpha value is -0.540. The number of anilines is 1. The average molecular weight is 311 g/mol. The molecule has 1 heterocycles. The highest BCUT2D eigenvalue weighted by Gasteiger charge is 2.22. The van der Waals surface area contributed by atoms with E-state index in [1.807, 2.05) is 0 Å². The first kappa shape index (κ1) is 13.9. The minimum atomic E-state index is 0.873. The van der Waals surface area contributed by atoms with E-state index in [4.69, 9.17) is 0 Å². The lowest BCUT2D eigenvalue weighted by Gasteiger charge is -2.20. The highest BCUT2D eigenvalue weighted by molar-refractivity contribution is 9.10. The molecule has 1 N–H and O–H groups in total. The second-order valence-electron chi connectivity index (χ2n) is 5.08. The lowest BCUT2D eigenvalue weighted by atomic mass is 10.1. The van der Waals surface area contributed by atoms with Crippen LogP contribution in [-0.4, -0.2) is 19.6 Å². The van der Waals surface area contributed by atoms with Gasteiger partial charge in [0, 0.05) is 24.1 Å². The molecular formula is C15H23BrN2. The van der Waals surface area contributed by atoms with Crippen LogP contribution in [0.2, 0.25) is 0 Å². The number of nitrogens with zero attached hydrogens (tertiary/aromatic N) is 1. The third-order valence-electron chi connectivity index (χ3n) is 3.80. The predicted octanol–water partition coefficient (Wildman–Crippen LogP) is 3.79. The molecule has 0 saturated carbocycles. The summed E-state index contributed by atoms with van der Waals surface area (Å²) in [5, 5.41) is 3.36. The lowest BCUT2D eigenvalue weighted by Crippen LogP contribution is -2.20. The van der Waals surface area contributed by atoms with Crippen molar-refractivity contribution < 1.29 is 0 Å². The SMILES string of the molecule is CCNCc1ccc(N2CCC(CC)C2)c(Br)c1. The van der Waals surface area contributed by atoms with Gasteiger partial charge in [-0.05, 0) is 52.5 Å². The quantitative estimate of drug-likeness (QED) is 0.890. The summed E-state index contributed by atoms with van der Waals surface area (Å²) in [6, 6.07) is 6.74. The number of halogens is 1. The van der Waals surface area contributed by atoms with Gasteiger partial charge in [0.05, 0.1) is 5.69 Å². The van der Waals surface area contributed by atoms with Crippen molar-refractivity contribution in [1.82, 2.24) is 5.32 Å². The zero-order valence-corrected chi connectivity index (χ0v) is 13.0. The summed E-state index contributed by atoms with van der Waals surface area (Å²) < 4.78 is 1.23. The number of rotatable bonds is 5. The van der Waals surface area contributed by atoms with Crippen LogP contribution in [0.5, 0.6) is 0 Å². The van der Waals surface area contributed by atoms with E-state index in [0.717, 1.165) is 19.0 Å². The van der Waals surface area contributed by atoms with Crippen LogP contribution in [0.1, 0.15) is 32.3 Å². The normalized spacial score (nSPS) is 19.5. The second-order valence-corrected chi connectivity index (χ2v) is 5.93. The molecule has 0 amide bonds. The van der Waals surface area contributed by atoms with Crippen molar-refractivity contribution in [2.75, 3.05) is 24.5 Å². The molecule has 1 saturated heterocycles. The van der Waals surface area contributed by atoms with Crippen LogP contribution in [0.15, 0.2) is 22.7 Å². The van der Waals surface area contributed by atoms with Gasteiger partial charge in [-0.15, -0.1) is 0 Å². The third-order valence-corrected chi connectivity index (χ3v) is 4.43. The maximum Gasteiger partial charge on any atom is 0.0510 e. The molecule has 1 unspecified atom stereocenters. The van der Waals surface area contributed by atoms with Gasteiger partial charge in [-0.2, -0.15) is 0 Å². The Bertz CT molecular complexity index is 392. The highest BCUT2D eigenvalue weighted by atomic mass is 79.9. The smallest absolute Gasteiger partial charge is 0.0510 e. The standard InChI is InChI=1S/C15H23BrN2/c1-3-12-7-8-18(11-12)15-6-5-13(9-14(15)16)10-17-4-2/h5-6,9,12,17H,3-4,7-8,10-11H2,1-2H3. The van der Waals surface area contributed by atoms with E-state index in [9.17, 15) is 0 Å². The van der Waals surface area contributed by atoms with Gasteiger partial charge in [0.2, 0.25) is 0 Å². The van der Waals surface area contributed by atoms with E-state index in [1.165, 1.54) is 41.7 Å². The first-order valence-electron chi connectivity index (χ1n) is 6.98. The molecular weight excluding hydrogens is 288 g/mol. The molecule has 0 radical (unpaired) electrons. The Morgan fingerprint density at radius 3 is 2.83 bits per heavy atom. The van der Waals surface area contributed by atoms with E-state index in [-0.39, 0.29) is 0 Å². The molecule has 1 aromatic carbocycles. The van der Waals surface area contributed by atoms with E-state index in [1.54, 1.807) is 0 Å². The summed E-state index contributed by atoms with van der Waals surface area (Å²) in [6.07, 6.45) is 2.63. The number of benzene rings is 1. The molecule has 0 aliphatic carbocycles. The molecule has 2 nitrogen and oxygen atoms in total.